The van der Waals surface area contributed by atoms with Gasteiger partial charge in [-0.15, -0.1) is 0 Å². The molecule has 7 nitrogen and oxygen atoms in total. The Kier molecular flexibility index (Phi) is 5.25. The number of nitrogens with zero attached hydrogens (tertiary/aromatic N) is 3. The largest absolute Gasteiger partial charge is 0.445 e. The fourth-order valence-corrected chi connectivity index (χ4v) is 5.44. The summed E-state index contributed by atoms with van der Waals surface area (Å²) in [6.45, 7) is 4.15. The van der Waals surface area contributed by atoms with Gasteiger partial charge in [0.1, 0.15) is 5.76 Å². The van der Waals surface area contributed by atoms with Gasteiger partial charge in [0.2, 0.25) is 10.0 Å². The number of oxazole rings is 1. The highest BCUT2D eigenvalue weighted by Crippen LogP contribution is 2.31. The minimum Gasteiger partial charge on any atom is -0.445 e. The van der Waals surface area contributed by atoms with Gasteiger partial charge in [0.25, 0.3) is 5.91 Å². The number of aryl methyl sites for hydroxylation is 1. The number of aromatic nitrogens is 1. The first kappa shape index (κ1) is 19.1. The van der Waals surface area contributed by atoms with Gasteiger partial charge in [-0.1, -0.05) is 18.2 Å². The lowest BCUT2D eigenvalue weighted by Gasteiger charge is -2.29. The van der Waals surface area contributed by atoms with E-state index in [-0.39, 0.29) is 11.8 Å². The fourth-order valence-electron chi connectivity index (χ4n) is 3.94. The maximum absolute atomic E-state index is 12.8. The molecule has 1 aromatic heterocycles. The van der Waals surface area contributed by atoms with E-state index in [9.17, 15) is 13.2 Å². The average molecular weight is 404 g/mol. The summed E-state index contributed by atoms with van der Waals surface area (Å²) < 4.78 is 32.9. The number of likely N-dealkylation sites (tertiary alicyclic amines) is 1. The van der Waals surface area contributed by atoms with Gasteiger partial charge in [-0.2, -0.15) is 4.31 Å². The Morgan fingerprint density at radius 1 is 1.07 bits per heavy atom. The Balaban J connectivity index is 1.44. The molecule has 0 N–H and O–H groups in total. The molecule has 2 aromatic rings. The fraction of sp³-hybridized carbons (Fsp3) is 0.500. The van der Waals surface area contributed by atoms with Crippen LogP contribution in [0.5, 0.6) is 0 Å². The number of sulfonamides is 1. The van der Waals surface area contributed by atoms with E-state index in [1.54, 1.807) is 37.3 Å². The third kappa shape index (κ3) is 3.58. The second-order valence-corrected chi connectivity index (χ2v) is 9.39. The van der Waals surface area contributed by atoms with E-state index in [1.165, 1.54) is 4.31 Å². The number of piperidine rings is 1. The first-order valence-corrected chi connectivity index (χ1v) is 11.2. The first-order valence-electron chi connectivity index (χ1n) is 9.78. The molecule has 3 heterocycles. The Hall–Kier alpha value is -2.19. The van der Waals surface area contributed by atoms with Crippen LogP contribution >= 0.6 is 0 Å². The van der Waals surface area contributed by atoms with Crippen molar-refractivity contribution in [1.29, 1.82) is 0 Å². The second kappa shape index (κ2) is 7.67. The number of benzene rings is 1. The van der Waals surface area contributed by atoms with Crippen LogP contribution in [-0.2, 0) is 10.0 Å². The van der Waals surface area contributed by atoms with Crippen LogP contribution in [-0.4, -0.2) is 54.7 Å². The monoisotopic (exact) mass is 403 g/mol. The molecule has 2 aliphatic heterocycles. The number of hydrogen-bond donors (Lipinski definition) is 0. The van der Waals surface area contributed by atoms with Crippen LogP contribution in [0.3, 0.4) is 0 Å². The van der Waals surface area contributed by atoms with Crippen molar-refractivity contribution in [2.24, 2.45) is 0 Å². The van der Waals surface area contributed by atoms with Crippen molar-refractivity contribution in [2.75, 3.05) is 26.2 Å². The number of rotatable bonds is 4. The van der Waals surface area contributed by atoms with Crippen molar-refractivity contribution < 1.29 is 17.6 Å². The molecule has 28 heavy (non-hydrogen) atoms. The number of carbonyl (C=O) groups excluding carboxylic acids is 1. The van der Waals surface area contributed by atoms with E-state index < -0.39 is 10.0 Å². The van der Waals surface area contributed by atoms with E-state index in [1.807, 2.05) is 4.90 Å². The molecule has 0 saturated carbocycles. The topological polar surface area (TPSA) is 83.7 Å². The molecule has 0 unspecified atom stereocenters. The normalized spacial score (nSPS) is 19.2. The quantitative estimate of drug-likeness (QED) is 0.784. The summed E-state index contributed by atoms with van der Waals surface area (Å²) in [4.78, 5) is 19.3. The van der Waals surface area contributed by atoms with Crippen molar-refractivity contribution in [3.63, 3.8) is 0 Å². The van der Waals surface area contributed by atoms with E-state index in [0.29, 0.717) is 48.2 Å². The molecule has 1 aromatic carbocycles. The van der Waals surface area contributed by atoms with Crippen molar-refractivity contribution in [3.8, 4) is 0 Å². The number of carbonyl (C=O) groups is 1. The Bertz CT molecular complexity index is 941. The molecule has 8 heteroatoms. The Morgan fingerprint density at radius 2 is 1.71 bits per heavy atom. The van der Waals surface area contributed by atoms with Crippen molar-refractivity contribution in [2.45, 2.75) is 43.4 Å². The van der Waals surface area contributed by atoms with E-state index in [0.717, 1.165) is 25.9 Å². The lowest BCUT2D eigenvalue weighted by Crippen LogP contribution is -2.38. The van der Waals surface area contributed by atoms with Crippen LogP contribution in [0.4, 0.5) is 0 Å². The minimum atomic E-state index is -3.47. The SMILES string of the molecule is Cc1oc(C2CCN(S(=O)(=O)c3ccccc3)CC2)nc1C(=O)N1CCCC1. The molecule has 0 bridgehead atoms. The number of amides is 1. The highest BCUT2D eigenvalue weighted by molar-refractivity contribution is 7.89. The summed E-state index contributed by atoms with van der Waals surface area (Å²) in [5.41, 5.74) is 0.399. The van der Waals surface area contributed by atoms with Crippen molar-refractivity contribution in [3.05, 3.63) is 47.7 Å². The smallest absolute Gasteiger partial charge is 0.276 e. The summed E-state index contributed by atoms with van der Waals surface area (Å²) in [5.74, 6) is 1.07. The molecule has 2 fully saturated rings. The summed E-state index contributed by atoms with van der Waals surface area (Å²) in [6, 6.07) is 8.50. The van der Waals surface area contributed by atoms with Crippen LogP contribution in [0.2, 0.25) is 0 Å². The standard InChI is InChI=1S/C20H25N3O4S/c1-15-18(20(24)22-11-5-6-12-22)21-19(27-15)16-9-13-23(14-10-16)28(25,26)17-7-3-2-4-8-17/h2-4,7-8,16H,5-6,9-14H2,1H3. The third-order valence-electron chi connectivity index (χ3n) is 5.59. The summed E-state index contributed by atoms with van der Waals surface area (Å²) in [5, 5.41) is 0. The molecule has 150 valence electrons. The zero-order valence-corrected chi connectivity index (χ0v) is 16.8. The van der Waals surface area contributed by atoms with Gasteiger partial charge in [0.05, 0.1) is 4.90 Å². The Labute approximate surface area is 165 Å². The summed E-state index contributed by atoms with van der Waals surface area (Å²) in [6.07, 6.45) is 3.32. The molecule has 1 amide bonds. The van der Waals surface area contributed by atoms with Crippen LogP contribution in [0, 0.1) is 6.92 Å². The molecule has 0 atom stereocenters. The maximum Gasteiger partial charge on any atom is 0.276 e. The van der Waals surface area contributed by atoms with Crippen LogP contribution in [0.25, 0.3) is 0 Å². The van der Waals surface area contributed by atoms with Gasteiger partial charge >= 0.3 is 0 Å². The van der Waals surface area contributed by atoms with Crippen LogP contribution in [0.15, 0.2) is 39.6 Å². The van der Waals surface area contributed by atoms with Gasteiger partial charge in [-0.25, -0.2) is 13.4 Å². The first-order chi connectivity index (χ1) is 13.5. The molecule has 0 spiro atoms. The minimum absolute atomic E-state index is 0.0288. The molecule has 2 saturated heterocycles. The average Bonchev–Trinajstić information content (AvgIpc) is 3.38. The zero-order valence-electron chi connectivity index (χ0n) is 16.0. The van der Waals surface area contributed by atoms with E-state index in [4.69, 9.17) is 4.42 Å². The molecule has 0 radical (unpaired) electrons. The van der Waals surface area contributed by atoms with Gasteiger partial charge < -0.3 is 9.32 Å². The molecular formula is C20H25N3O4S. The van der Waals surface area contributed by atoms with Crippen molar-refractivity contribution >= 4 is 15.9 Å². The van der Waals surface area contributed by atoms with Gasteiger partial charge in [-0.3, -0.25) is 4.79 Å². The highest BCUT2D eigenvalue weighted by atomic mass is 32.2. The van der Waals surface area contributed by atoms with Gasteiger partial charge in [-0.05, 0) is 44.7 Å². The van der Waals surface area contributed by atoms with Crippen molar-refractivity contribution in [1.82, 2.24) is 14.2 Å². The van der Waals surface area contributed by atoms with Crippen LogP contribution < -0.4 is 0 Å². The van der Waals surface area contributed by atoms with Gasteiger partial charge in [0.15, 0.2) is 11.6 Å². The molecular weight excluding hydrogens is 378 g/mol. The lowest BCUT2D eigenvalue weighted by atomic mass is 9.98. The number of hydrogen-bond acceptors (Lipinski definition) is 5. The highest BCUT2D eigenvalue weighted by Gasteiger charge is 2.33. The predicted molar refractivity (Wildman–Crippen MR) is 104 cm³/mol. The summed E-state index contributed by atoms with van der Waals surface area (Å²) >= 11 is 0. The zero-order chi connectivity index (χ0) is 19.7. The Morgan fingerprint density at radius 3 is 2.36 bits per heavy atom. The molecule has 2 aliphatic rings. The van der Waals surface area contributed by atoms with E-state index >= 15 is 0 Å². The van der Waals surface area contributed by atoms with Crippen LogP contribution in [0.1, 0.15) is 53.7 Å². The van der Waals surface area contributed by atoms with Gasteiger partial charge in [0, 0.05) is 32.1 Å². The molecule has 0 aliphatic carbocycles. The third-order valence-corrected chi connectivity index (χ3v) is 7.51. The maximum atomic E-state index is 12.8. The van der Waals surface area contributed by atoms with E-state index in [2.05, 4.69) is 4.98 Å². The second-order valence-electron chi connectivity index (χ2n) is 7.45. The molecule has 4 rings (SSSR count). The predicted octanol–water partition coefficient (Wildman–Crippen LogP) is 2.79. The lowest BCUT2D eigenvalue weighted by molar-refractivity contribution is 0.0786. The summed E-state index contributed by atoms with van der Waals surface area (Å²) in [7, 11) is -3.47.